The molecule has 5 N–H and O–H groups in total. The van der Waals surface area contributed by atoms with Crippen molar-refractivity contribution < 1.29 is 33.6 Å². The number of hydrogen-bond donors (Lipinski definition) is 4. The highest BCUT2D eigenvalue weighted by Gasteiger charge is 2.34. The zero-order valence-corrected chi connectivity index (χ0v) is 33.1. The summed E-state index contributed by atoms with van der Waals surface area (Å²) in [5.41, 5.74) is 15.4. The van der Waals surface area contributed by atoms with Crippen LogP contribution in [0.1, 0.15) is 71.5 Å². The van der Waals surface area contributed by atoms with Crippen LogP contribution in [0.2, 0.25) is 0 Å². The lowest BCUT2D eigenvalue weighted by Gasteiger charge is -2.39. The van der Waals surface area contributed by atoms with Crippen molar-refractivity contribution in [2.45, 2.75) is 70.3 Å². The average Bonchev–Trinajstić information content (AvgIpc) is 3.26. The molecule has 0 aliphatic carbocycles. The number of amides is 2. The lowest BCUT2D eigenvalue weighted by atomic mass is 9.96. The number of nitrogen functional groups attached to an aromatic ring is 1. The van der Waals surface area contributed by atoms with Crippen LogP contribution in [-0.2, 0) is 45.2 Å². The molecule has 5 aromatic carbocycles. The van der Waals surface area contributed by atoms with Crippen LogP contribution in [0.25, 0.3) is 11.1 Å². The van der Waals surface area contributed by atoms with Crippen molar-refractivity contribution in [3.63, 3.8) is 0 Å². The van der Waals surface area contributed by atoms with Gasteiger partial charge in [-0.1, -0.05) is 78.9 Å². The predicted octanol–water partition coefficient (Wildman–Crippen LogP) is 7.47. The second kappa shape index (κ2) is 19.1. The molecular weight excluding hydrogens is 733 g/mol. The highest BCUT2D eigenvalue weighted by Crippen LogP contribution is 2.40. The van der Waals surface area contributed by atoms with Crippen molar-refractivity contribution >= 4 is 23.2 Å². The fraction of sp³-hybridized carbons (Fsp3) is 0.319. The minimum absolute atomic E-state index is 0.00879. The van der Waals surface area contributed by atoms with Crippen molar-refractivity contribution in [1.82, 2.24) is 10.2 Å². The molecule has 2 aliphatic heterocycles. The van der Waals surface area contributed by atoms with Gasteiger partial charge in [0.25, 0.3) is 0 Å². The van der Waals surface area contributed by atoms with Gasteiger partial charge in [0.2, 0.25) is 11.8 Å². The molecule has 11 heteroatoms. The molecule has 1 fully saturated rings. The Kier molecular flexibility index (Phi) is 13.4. The van der Waals surface area contributed by atoms with Gasteiger partial charge in [0, 0.05) is 51.0 Å². The molecular formula is C47H52N4O7. The van der Waals surface area contributed by atoms with Crippen LogP contribution in [0.3, 0.4) is 0 Å². The molecule has 0 saturated carbocycles. The van der Waals surface area contributed by atoms with E-state index in [1.807, 2.05) is 48.5 Å². The molecule has 1 saturated heterocycles. The quantitative estimate of drug-likeness (QED) is 0.0795. The lowest BCUT2D eigenvalue weighted by molar-refractivity contribution is -0.253. The Morgan fingerprint density at radius 1 is 0.793 bits per heavy atom. The average molecular weight is 785 g/mol. The van der Waals surface area contributed by atoms with E-state index in [4.69, 9.17) is 24.7 Å². The fourth-order valence-corrected chi connectivity index (χ4v) is 7.63. The summed E-state index contributed by atoms with van der Waals surface area (Å²) >= 11 is 0. The third-order valence-corrected chi connectivity index (χ3v) is 10.8. The zero-order chi connectivity index (χ0) is 40.4. The molecule has 0 bridgehead atoms. The first kappa shape index (κ1) is 40.5. The summed E-state index contributed by atoms with van der Waals surface area (Å²) in [6.07, 6.45) is 1.68. The van der Waals surface area contributed by atoms with Crippen LogP contribution in [0.4, 0.5) is 11.4 Å². The largest absolute Gasteiger partial charge is 0.493 e. The number of fused-ring (bicyclic) bond motifs is 1. The summed E-state index contributed by atoms with van der Waals surface area (Å²) in [7, 11) is 3.33. The number of carbonyl (C=O) groups is 2. The first-order chi connectivity index (χ1) is 28.3. The number of benzene rings is 5. The van der Waals surface area contributed by atoms with E-state index in [0.29, 0.717) is 30.8 Å². The molecule has 302 valence electrons. The minimum atomic E-state index is -0.569. The topological polar surface area (TPSA) is 145 Å². The van der Waals surface area contributed by atoms with E-state index in [-0.39, 0.29) is 43.5 Å². The van der Waals surface area contributed by atoms with Gasteiger partial charge >= 0.3 is 0 Å². The van der Waals surface area contributed by atoms with Crippen LogP contribution >= 0.6 is 0 Å². The SMILES string of the molecule is COc1cc2c(cc1OC)CN(C[C@@H]1C[C@H](c3ccc(CO)cc3)O[C@H](c3ccc(-c4cccc(CNC(=O)CCCC(=O)Nc5ccccc5N)c4)cc3)O1)CC2. The van der Waals surface area contributed by atoms with E-state index < -0.39 is 6.29 Å². The molecule has 0 spiro atoms. The van der Waals surface area contributed by atoms with Crippen molar-refractivity contribution in [1.29, 1.82) is 0 Å². The first-order valence-electron chi connectivity index (χ1n) is 19.9. The number of anilines is 2. The van der Waals surface area contributed by atoms with Gasteiger partial charge in [-0.25, -0.2) is 0 Å². The van der Waals surface area contributed by atoms with E-state index in [1.54, 1.807) is 26.4 Å². The Bertz CT molecular complexity index is 2180. The highest BCUT2D eigenvalue weighted by molar-refractivity contribution is 5.94. The van der Waals surface area contributed by atoms with E-state index in [0.717, 1.165) is 70.9 Å². The van der Waals surface area contributed by atoms with E-state index in [2.05, 4.69) is 64.1 Å². The van der Waals surface area contributed by atoms with Crippen molar-refractivity contribution in [2.75, 3.05) is 38.4 Å². The van der Waals surface area contributed by atoms with Gasteiger partial charge in [-0.05, 0) is 82.1 Å². The fourth-order valence-electron chi connectivity index (χ4n) is 7.63. The van der Waals surface area contributed by atoms with Gasteiger partial charge < -0.3 is 40.4 Å². The van der Waals surface area contributed by atoms with Gasteiger partial charge in [0.15, 0.2) is 17.8 Å². The number of methoxy groups -OCH3 is 2. The summed E-state index contributed by atoms with van der Waals surface area (Å²) in [6.45, 7) is 2.82. The molecule has 58 heavy (non-hydrogen) atoms. The van der Waals surface area contributed by atoms with Crippen molar-refractivity contribution in [2.24, 2.45) is 0 Å². The van der Waals surface area contributed by atoms with Gasteiger partial charge in [-0.2, -0.15) is 0 Å². The normalized spacial score (nSPS) is 17.9. The number of nitrogens with zero attached hydrogens (tertiary/aromatic N) is 1. The number of hydrogen-bond acceptors (Lipinski definition) is 9. The highest BCUT2D eigenvalue weighted by atomic mass is 16.7. The van der Waals surface area contributed by atoms with Crippen molar-refractivity contribution in [3.05, 3.63) is 143 Å². The Hall–Kier alpha value is -5.72. The second-order valence-electron chi connectivity index (χ2n) is 14.9. The number of para-hydroxylation sites is 2. The third kappa shape index (κ3) is 10.2. The Morgan fingerprint density at radius 2 is 1.52 bits per heavy atom. The van der Waals surface area contributed by atoms with E-state index >= 15 is 0 Å². The molecule has 2 aliphatic rings. The van der Waals surface area contributed by atoms with Gasteiger partial charge in [-0.15, -0.1) is 0 Å². The molecule has 7 rings (SSSR count). The van der Waals surface area contributed by atoms with Crippen LogP contribution in [0.5, 0.6) is 11.5 Å². The second-order valence-corrected chi connectivity index (χ2v) is 14.9. The number of rotatable bonds is 15. The Balaban J connectivity index is 0.971. The molecule has 5 aromatic rings. The summed E-state index contributed by atoms with van der Waals surface area (Å²) in [6, 6.07) is 35.6. The third-order valence-electron chi connectivity index (χ3n) is 10.8. The maximum Gasteiger partial charge on any atom is 0.224 e. The lowest BCUT2D eigenvalue weighted by Crippen LogP contribution is -2.41. The molecule has 0 aromatic heterocycles. The van der Waals surface area contributed by atoms with Gasteiger partial charge in [-0.3, -0.25) is 14.5 Å². The summed E-state index contributed by atoms with van der Waals surface area (Å²) in [5.74, 6) is 1.21. The summed E-state index contributed by atoms with van der Waals surface area (Å²) < 4.78 is 24.5. The first-order valence-corrected chi connectivity index (χ1v) is 19.9. The minimum Gasteiger partial charge on any atom is -0.493 e. The molecule has 0 radical (unpaired) electrons. The smallest absolute Gasteiger partial charge is 0.224 e. The maximum absolute atomic E-state index is 12.6. The zero-order valence-electron chi connectivity index (χ0n) is 33.1. The molecule has 3 atom stereocenters. The van der Waals surface area contributed by atoms with Crippen LogP contribution in [0.15, 0.2) is 109 Å². The van der Waals surface area contributed by atoms with Crippen LogP contribution in [0, 0.1) is 0 Å². The standard InChI is InChI=1S/C47H52N4O7/c1-55-43-24-37-21-22-51(28-38(37)25-44(43)56-2)29-39-26-42(34-15-13-31(30-52)14-16-34)58-47(57-39)35-19-17-33(18-20-35)36-8-5-7-32(23-36)27-49-45(53)11-6-12-46(54)50-41-10-4-3-9-40(41)48/h3-5,7-10,13-20,23-25,39,42,47,52H,6,11-12,21-22,26-30,48H2,1-2H3,(H,49,53)(H,50,54)/t39-,42+,47+/m0/s1. The summed E-state index contributed by atoms with van der Waals surface area (Å²) in [4.78, 5) is 27.4. The monoisotopic (exact) mass is 784 g/mol. The number of aliphatic hydroxyl groups excluding tert-OH is 1. The number of nitrogens with two attached hydrogens (primary N) is 1. The molecule has 11 nitrogen and oxygen atoms in total. The molecule has 2 heterocycles. The maximum atomic E-state index is 12.6. The van der Waals surface area contributed by atoms with E-state index in [9.17, 15) is 14.7 Å². The molecule has 0 unspecified atom stereocenters. The number of ether oxygens (including phenoxy) is 4. The molecule has 2 amide bonds. The van der Waals surface area contributed by atoms with Crippen molar-refractivity contribution in [3.8, 4) is 22.6 Å². The van der Waals surface area contributed by atoms with E-state index in [1.165, 1.54) is 11.1 Å². The Labute approximate surface area is 340 Å². The van der Waals surface area contributed by atoms with Gasteiger partial charge in [0.05, 0.1) is 44.4 Å². The van der Waals surface area contributed by atoms with Crippen LogP contribution < -0.4 is 25.8 Å². The van der Waals surface area contributed by atoms with Gasteiger partial charge in [0.1, 0.15) is 0 Å². The number of aliphatic hydroxyl groups is 1. The Morgan fingerprint density at radius 3 is 2.26 bits per heavy atom. The van der Waals surface area contributed by atoms with Crippen LogP contribution in [-0.4, -0.2) is 55.2 Å². The number of carbonyl (C=O) groups excluding carboxylic acids is 2. The summed E-state index contributed by atoms with van der Waals surface area (Å²) in [5, 5.41) is 15.4. The predicted molar refractivity (Wildman–Crippen MR) is 224 cm³/mol. The number of nitrogens with one attached hydrogen (secondary N) is 2.